The summed E-state index contributed by atoms with van der Waals surface area (Å²) in [7, 11) is -7.39. The van der Waals surface area contributed by atoms with E-state index in [1.54, 1.807) is 43.3 Å². The number of carbonyl (C=O) groups excluding carboxylic acids is 1. The van der Waals surface area contributed by atoms with E-state index in [0.717, 1.165) is 16.1 Å². The van der Waals surface area contributed by atoms with Gasteiger partial charge in [-0.2, -0.15) is 0 Å². The highest BCUT2D eigenvalue weighted by Gasteiger charge is 2.27. The Hall–Kier alpha value is -2.88. The van der Waals surface area contributed by atoms with Crippen LogP contribution in [0.2, 0.25) is 5.02 Å². The first-order valence-corrected chi connectivity index (χ1v) is 14.0. The van der Waals surface area contributed by atoms with Crippen LogP contribution in [0.3, 0.4) is 0 Å². The van der Waals surface area contributed by atoms with Crippen LogP contribution in [0.5, 0.6) is 0 Å². The lowest BCUT2D eigenvalue weighted by atomic mass is 10.1. The monoisotopic (exact) mass is 520 g/mol. The molecule has 34 heavy (non-hydrogen) atoms. The van der Waals surface area contributed by atoms with Crippen LogP contribution >= 0.6 is 11.6 Å². The van der Waals surface area contributed by atoms with Crippen molar-refractivity contribution in [3.05, 3.63) is 88.9 Å². The van der Waals surface area contributed by atoms with Crippen LogP contribution < -0.4 is 9.62 Å². The van der Waals surface area contributed by atoms with Gasteiger partial charge in [-0.05, 0) is 67.9 Å². The second-order valence-corrected chi connectivity index (χ2v) is 12.2. The summed E-state index contributed by atoms with van der Waals surface area (Å²) < 4.78 is 51.2. The Morgan fingerprint density at radius 3 is 1.94 bits per heavy atom. The molecule has 0 heterocycles. The van der Waals surface area contributed by atoms with E-state index in [4.69, 9.17) is 11.6 Å². The molecule has 0 aromatic heterocycles. The van der Waals surface area contributed by atoms with E-state index in [1.165, 1.54) is 36.4 Å². The van der Waals surface area contributed by atoms with Gasteiger partial charge in [0.15, 0.2) is 9.84 Å². The summed E-state index contributed by atoms with van der Waals surface area (Å²) in [5.41, 5.74) is 1.98. The van der Waals surface area contributed by atoms with Crippen LogP contribution in [-0.4, -0.2) is 35.5 Å². The predicted octanol–water partition coefficient (Wildman–Crippen LogP) is 4.12. The number of hydrogen-bond donors (Lipinski definition) is 1. The Morgan fingerprint density at radius 2 is 1.41 bits per heavy atom. The molecule has 3 aromatic carbocycles. The highest BCUT2D eigenvalue weighted by molar-refractivity contribution is 7.93. The molecule has 0 radical (unpaired) electrons. The van der Waals surface area contributed by atoms with Crippen molar-refractivity contribution < 1.29 is 21.6 Å². The van der Waals surface area contributed by atoms with Gasteiger partial charge in [0.25, 0.3) is 10.0 Å². The average molecular weight is 521 g/mol. The molecular formula is C24H25ClN2O5S2. The van der Waals surface area contributed by atoms with Crippen molar-refractivity contribution >= 4 is 43.1 Å². The molecule has 0 saturated heterocycles. The number of hydrogen-bond acceptors (Lipinski definition) is 5. The lowest BCUT2D eigenvalue weighted by Gasteiger charge is -2.25. The highest BCUT2D eigenvalue weighted by atomic mass is 35.5. The zero-order valence-electron chi connectivity index (χ0n) is 18.9. The molecule has 0 spiro atoms. The maximum Gasteiger partial charge on any atom is 0.264 e. The number of rotatable bonds is 8. The van der Waals surface area contributed by atoms with E-state index < -0.39 is 38.4 Å². The molecule has 1 atom stereocenters. The zero-order valence-corrected chi connectivity index (χ0v) is 21.3. The fourth-order valence-corrected chi connectivity index (χ4v) is 5.44. The van der Waals surface area contributed by atoms with Crippen molar-refractivity contribution in [2.45, 2.75) is 29.7 Å². The molecule has 180 valence electrons. The minimum atomic E-state index is -4.05. The summed E-state index contributed by atoms with van der Waals surface area (Å²) >= 11 is 5.90. The molecule has 3 rings (SSSR count). The van der Waals surface area contributed by atoms with Crippen molar-refractivity contribution in [3.8, 4) is 0 Å². The summed E-state index contributed by atoms with van der Waals surface area (Å²) in [5.74, 6) is -0.516. The average Bonchev–Trinajstić information content (AvgIpc) is 2.78. The van der Waals surface area contributed by atoms with Gasteiger partial charge in [-0.3, -0.25) is 9.10 Å². The number of amides is 1. The van der Waals surface area contributed by atoms with Crippen molar-refractivity contribution in [3.63, 3.8) is 0 Å². The Labute approximate surface area is 205 Å². The van der Waals surface area contributed by atoms with E-state index >= 15 is 0 Å². The number of aryl methyl sites for hydroxylation is 1. The quantitative estimate of drug-likeness (QED) is 0.481. The van der Waals surface area contributed by atoms with Gasteiger partial charge in [0.1, 0.15) is 6.54 Å². The fraction of sp³-hybridized carbons (Fsp3) is 0.208. The first kappa shape index (κ1) is 25.7. The molecule has 0 aliphatic rings. The van der Waals surface area contributed by atoms with Gasteiger partial charge in [-0.1, -0.05) is 41.4 Å². The van der Waals surface area contributed by atoms with Gasteiger partial charge in [0, 0.05) is 11.3 Å². The molecule has 1 N–H and O–H groups in total. The molecule has 0 bridgehead atoms. The van der Waals surface area contributed by atoms with Crippen molar-refractivity contribution in [1.29, 1.82) is 0 Å². The van der Waals surface area contributed by atoms with Gasteiger partial charge < -0.3 is 5.32 Å². The van der Waals surface area contributed by atoms with Crippen LogP contribution in [-0.2, 0) is 24.7 Å². The highest BCUT2D eigenvalue weighted by Crippen LogP contribution is 2.25. The molecule has 0 unspecified atom stereocenters. The maximum absolute atomic E-state index is 13.4. The number of nitrogens with one attached hydrogen (secondary N) is 1. The van der Waals surface area contributed by atoms with Crippen LogP contribution in [0, 0.1) is 6.92 Å². The van der Waals surface area contributed by atoms with E-state index in [0.29, 0.717) is 16.3 Å². The van der Waals surface area contributed by atoms with Gasteiger partial charge in [0.2, 0.25) is 5.91 Å². The minimum Gasteiger partial charge on any atom is -0.348 e. The Kier molecular flexibility index (Phi) is 7.70. The topological polar surface area (TPSA) is 101 Å². The summed E-state index contributed by atoms with van der Waals surface area (Å²) in [5, 5.41) is 3.18. The molecule has 10 heteroatoms. The van der Waals surface area contributed by atoms with Crippen molar-refractivity contribution in [1.82, 2.24) is 5.32 Å². The molecule has 7 nitrogen and oxygen atoms in total. The number of benzene rings is 3. The van der Waals surface area contributed by atoms with E-state index in [2.05, 4.69) is 5.32 Å². The standard InChI is InChI=1S/C24H25ClN2O5S2/c1-17-4-10-21(11-5-17)27(34(31,32)23-14-8-20(25)9-15-23)16-24(28)26-18(2)19-6-12-22(13-7-19)33(3,29)30/h4-15,18H,16H2,1-3H3,(H,26,28)/t18-/m1/s1. The van der Waals surface area contributed by atoms with E-state index in [-0.39, 0.29) is 9.79 Å². The summed E-state index contributed by atoms with van der Waals surface area (Å²) in [6.07, 6.45) is 1.12. The van der Waals surface area contributed by atoms with Crippen LogP contribution in [0.4, 0.5) is 5.69 Å². The summed E-state index contributed by atoms with van der Waals surface area (Å²) in [6, 6.07) is 18.2. The molecule has 0 fully saturated rings. The van der Waals surface area contributed by atoms with Gasteiger partial charge in [-0.15, -0.1) is 0 Å². The minimum absolute atomic E-state index is 0.00897. The lowest BCUT2D eigenvalue weighted by Crippen LogP contribution is -2.41. The van der Waals surface area contributed by atoms with Gasteiger partial charge >= 0.3 is 0 Å². The molecule has 3 aromatic rings. The number of sulfonamides is 1. The third kappa shape index (κ3) is 6.16. The SMILES string of the molecule is Cc1ccc(N(CC(=O)N[C@H](C)c2ccc(S(C)(=O)=O)cc2)S(=O)(=O)c2ccc(Cl)cc2)cc1. The van der Waals surface area contributed by atoms with Gasteiger partial charge in [-0.25, -0.2) is 16.8 Å². The number of sulfone groups is 1. The number of nitrogens with zero attached hydrogens (tertiary/aromatic N) is 1. The first-order chi connectivity index (χ1) is 15.9. The largest absolute Gasteiger partial charge is 0.348 e. The van der Waals surface area contributed by atoms with E-state index in [9.17, 15) is 21.6 Å². The lowest BCUT2D eigenvalue weighted by molar-refractivity contribution is -0.120. The smallest absolute Gasteiger partial charge is 0.264 e. The predicted molar refractivity (Wildman–Crippen MR) is 133 cm³/mol. The third-order valence-corrected chi connectivity index (χ3v) is 8.37. The number of anilines is 1. The number of halogens is 1. The van der Waals surface area contributed by atoms with Crippen LogP contribution in [0.15, 0.2) is 82.6 Å². The maximum atomic E-state index is 13.4. The van der Waals surface area contributed by atoms with Crippen molar-refractivity contribution in [2.24, 2.45) is 0 Å². The first-order valence-electron chi connectivity index (χ1n) is 10.3. The molecular weight excluding hydrogens is 496 g/mol. The second kappa shape index (κ2) is 10.2. The van der Waals surface area contributed by atoms with Crippen molar-refractivity contribution in [2.75, 3.05) is 17.1 Å². The normalized spacial score (nSPS) is 12.7. The number of carbonyl (C=O) groups is 1. The fourth-order valence-electron chi connectivity index (χ4n) is 3.26. The zero-order chi connectivity index (χ0) is 25.1. The Morgan fingerprint density at radius 1 is 0.882 bits per heavy atom. The third-order valence-electron chi connectivity index (χ3n) is 5.20. The van der Waals surface area contributed by atoms with Crippen LogP contribution in [0.25, 0.3) is 0 Å². The summed E-state index contributed by atoms with van der Waals surface area (Å²) in [4.78, 5) is 13.1. The molecule has 1 amide bonds. The second-order valence-electron chi connectivity index (χ2n) is 7.93. The molecule has 0 aliphatic heterocycles. The summed E-state index contributed by atoms with van der Waals surface area (Å²) in [6.45, 7) is 3.17. The Bertz CT molecular complexity index is 1370. The molecule has 0 saturated carbocycles. The van der Waals surface area contributed by atoms with Gasteiger partial charge in [0.05, 0.1) is 21.5 Å². The van der Waals surface area contributed by atoms with Crippen LogP contribution in [0.1, 0.15) is 24.1 Å². The Balaban J connectivity index is 1.85. The molecule has 0 aliphatic carbocycles. The van der Waals surface area contributed by atoms with E-state index in [1.807, 2.05) is 6.92 Å².